The fourth-order valence-electron chi connectivity index (χ4n) is 2.66. The number of amides is 1. The lowest BCUT2D eigenvalue weighted by atomic mass is 9.97. The lowest BCUT2D eigenvalue weighted by molar-refractivity contribution is -0.194. The molecule has 1 fully saturated rings. The molecule has 0 bridgehead atoms. The second-order valence-corrected chi connectivity index (χ2v) is 5.31. The van der Waals surface area contributed by atoms with Crippen molar-refractivity contribution >= 4 is 5.91 Å². The first-order valence-electron chi connectivity index (χ1n) is 6.69. The molecule has 0 saturated carbocycles. The minimum atomic E-state index is -4.28. The maximum absolute atomic E-state index is 13.1. The fraction of sp³-hybridized carbons (Fsp3) is 0.750. The van der Waals surface area contributed by atoms with Crippen LogP contribution in [0.25, 0.3) is 0 Å². The Labute approximate surface area is 120 Å². The quantitative estimate of drug-likeness (QED) is 0.899. The summed E-state index contributed by atoms with van der Waals surface area (Å²) >= 11 is 0. The van der Waals surface area contributed by atoms with Crippen LogP contribution in [0.5, 0.6) is 0 Å². The average Bonchev–Trinajstić information content (AvgIpc) is 2.73. The van der Waals surface area contributed by atoms with E-state index in [2.05, 4.69) is 15.6 Å². The van der Waals surface area contributed by atoms with Gasteiger partial charge in [0.2, 0.25) is 5.91 Å². The van der Waals surface area contributed by atoms with E-state index >= 15 is 0 Å². The van der Waals surface area contributed by atoms with Crippen LogP contribution < -0.4 is 5.32 Å². The van der Waals surface area contributed by atoms with Gasteiger partial charge in [0.15, 0.2) is 0 Å². The molecule has 0 radical (unpaired) electrons. The van der Waals surface area contributed by atoms with E-state index in [4.69, 9.17) is 0 Å². The number of rotatable bonds is 3. The van der Waals surface area contributed by atoms with Gasteiger partial charge in [-0.2, -0.15) is 13.2 Å². The highest BCUT2D eigenvalue weighted by Gasteiger charge is 2.46. The highest BCUT2D eigenvalue weighted by atomic mass is 19.4. The van der Waals surface area contributed by atoms with Crippen LogP contribution in [0.1, 0.15) is 25.5 Å². The van der Waals surface area contributed by atoms with Crippen molar-refractivity contribution < 1.29 is 18.0 Å². The third-order valence-corrected chi connectivity index (χ3v) is 3.64. The molecule has 1 aliphatic heterocycles. The number of nitrogens with one attached hydrogen (secondary N) is 1. The monoisotopic (exact) mass is 305 g/mol. The van der Waals surface area contributed by atoms with Crippen LogP contribution in [0.15, 0.2) is 6.20 Å². The van der Waals surface area contributed by atoms with Gasteiger partial charge in [0.25, 0.3) is 0 Å². The van der Waals surface area contributed by atoms with Crippen molar-refractivity contribution in [3.63, 3.8) is 0 Å². The molecule has 1 saturated heterocycles. The van der Waals surface area contributed by atoms with E-state index in [-0.39, 0.29) is 31.5 Å². The molecule has 9 heteroatoms. The lowest BCUT2D eigenvalue weighted by Crippen LogP contribution is -2.55. The fourth-order valence-corrected chi connectivity index (χ4v) is 2.66. The molecular weight excluding hydrogens is 287 g/mol. The van der Waals surface area contributed by atoms with E-state index in [9.17, 15) is 18.0 Å². The SMILES string of the molecule is CC(=O)N[C@H]1CC[C@@H](C(F)(F)F)N(Cc2cnnn2C)C1. The molecule has 0 unspecified atom stereocenters. The standard InChI is InChI=1S/C12H18F3N5O/c1-8(21)17-9-3-4-11(12(13,14)15)20(6-9)7-10-5-16-18-19(10)2/h5,9,11H,3-4,6-7H2,1-2H3,(H,17,21)/t9-,11-/m0/s1. The molecule has 1 aromatic heterocycles. The molecule has 1 N–H and O–H groups in total. The number of carbonyl (C=O) groups is 1. The number of hydrogen-bond acceptors (Lipinski definition) is 4. The summed E-state index contributed by atoms with van der Waals surface area (Å²) in [4.78, 5) is 12.4. The Kier molecular flexibility index (Phi) is 4.50. The summed E-state index contributed by atoms with van der Waals surface area (Å²) in [6.45, 7) is 1.63. The van der Waals surface area contributed by atoms with Crippen molar-refractivity contribution in [2.75, 3.05) is 6.54 Å². The molecule has 1 amide bonds. The van der Waals surface area contributed by atoms with Crippen molar-refractivity contribution in [2.45, 2.75) is 44.6 Å². The Morgan fingerprint density at radius 1 is 1.48 bits per heavy atom. The summed E-state index contributed by atoms with van der Waals surface area (Å²) < 4.78 is 40.9. The second kappa shape index (κ2) is 6.00. The molecule has 0 aromatic carbocycles. The van der Waals surface area contributed by atoms with E-state index in [0.717, 1.165) is 0 Å². The highest BCUT2D eigenvalue weighted by Crippen LogP contribution is 2.32. The minimum Gasteiger partial charge on any atom is -0.352 e. The summed E-state index contributed by atoms with van der Waals surface area (Å²) in [5, 5.41) is 10.1. The summed E-state index contributed by atoms with van der Waals surface area (Å²) in [6.07, 6.45) is -2.54. The molecule has 2 heterocycles. The molecule has 1 aliphatic rings. The largest absolute Gasteiger partial charge is 0.404 e. The number of hydrogen-bond donors (Lipinski definition) is 1. The number of alkyl halides is 3. The molecule has 6 nitrogen and oxygen atoms in total. The zero-order chi connectivity index (χ0) is 15.6. The van der Waals surface area contributed by atoms with Crippen LogP contribution in [0.2, 0.25) is 0 Å². The van der Waals surface area contributed by atoms with Crippen LogP contribution in [-0.2, 0) is 18.4 Å². The van der Waals surface area contributed by atoms with Crippen molar-refractivity contribution in [3.05, 3.63) is 11.9 Å². The number of likely N-dealkylation sites (tertiary alicyclic amines) is 1. The van der Waals surface area contributed by atoms with Crippen molar-refractivity contribution in [1.29, 1.82) is 0 Å². The number of aryl methyl sites for hydroxylation is 1. The van der Waals surface area contributed by atoms with Gasteiger partial charge in [0.1, 0.15) is 6.04 Å². The van der Waals surface area contributed by atoms with E-state index in [0.29, 0.717) is 12.1 Å². The third kappa shape index (κ3) is 3.93. The number of aromatic nitrogens is 3. The Morgan fingerprint density at radius 3 is 2.71 bits per heavy atom. The minimum absolute atomic E-state index is 0.0280. The normalized spacial score (nSPS) is 24.0. The summed E-state index contributed by atoms with van der Waals surface area (Å²) in [6, 6.07) is -1.76. The van der Waals surface area contributed by atoms with Gasteiger partial charge in [-0.25, -0.2) is 0 Å². The van der Waals surface area contributed by atoms with Crippen LogP contribution in [0.3, 0.4) is 0 Å². The zero-order valence-corrected chi connectivity index (χ0v) is 11.9. The molecule has 0 spiro atoms. The van der Waals surface area contributed by atoms with Gasteiger partial charge in [0, 0.05) is 33.1 Å². The maximum atomic E-state index is 13.1. The molecule has 2 atom stereocenters. The Bertz CT molecular complexity index is 501. The molecule has 118 valence electrons. The number of halogens is 3. The van der Waals surface area contributed by atoms with Gasteiger partial charge in [0.05, 0.1) is 11.9 Å². The topological polar surface area (TPSA) is 63.1 Å². The molecule has 21 heavy (non-hydrogen) atoms. The molecule has 0 aliphatic carbocycles. The molecular formula is C12H18F3N5O. The summed E-state index contributed by atoms with van der Waals surface area (Å²) in [5.41, 5.74) is 0.604. The highest BCUT2D eigenvalue weighted by molar-refractivity contribution is 5.73. The van der Waals surface area contributed by atoms with E-state index in [1.54, 1.807) is 7.05 Å². The van der Waals surface area contributed by atoms with E-state index in [1.165, 1.54) is 22.7 Å². The van der Waals surface area contributed by atoms with Gasteiger partial charge >= 0.3 is 6.18 Å². The second-order valence-electron chi connectivity index (χ2n) is 5.31. The summed E-state index contributed by atoms with van der Waals surface area (Å²) in [5.74, 6) is -0.229. The van der Waals surface area contributed by atoms with Crippen LogP contribution in [-0.4, -0.2) is 50.6 Å². The van der Waals surface area contributed by atoms with Crippen LogP contribution in [0.4, 0.5) is 13.2 Å². The zero-order valence-electron chi connectivity index (χ0n) is 11.9. The van der Waals surface area contributed by atoms with Gasteiger partial charge < -0.3 is 5.32 Å². The molecule has 1 aromatic rings. The Hall–Kier alpha value is -1.64. The summed E-state index contributed by atoms with van der Waals surface area (Å²) in [7, 11) is 1.64. The van der Waals surface area contributed by atoms with Gasteiger partial charge in [-0.15, -0.1) is 5.10 Å². The number of piperidine rings is 1. The number of carbonyl (C=O) groups excluding carboxylic acids is 1. The first-order chi connectivity index (χ1) is 9.77. The van der Waals surface area contributed by atoms with Crippen molar-refractivity contribution in [2.24, 2.45) is 7.05 Å². The Balaban J connectivity index is 2.13. The Morgan fingerprint density at radius 2 is 2.19 bits per heavy atom. The van der Waals surface area contributed by atoms with Gasteiger partial charge in [-0.1, -0.05) is 5.21 Å². The smallest absolute Gasteiger partial charge is 0.352 e. The average molecular weight is 305 g/mol. The van der Waals surface area contributed by atoms with Crippen LogP contribution >= 0.6 is 0 Å². The predicted octanol–water partition coefficient (Wildman–Crippen LogP) is 0.846. The van der Waals surface area contributed by atoms with Gasteiger partial charge in [-0.05, 0) is 12.8 Å². The predicted molar refractivity (Wildman–Crippen MR) is 68.1 cm³/mol. The first-order valence-corrected chi connectivity index (χ1v) is 6.69. The van der Waals surface area contributed by atoms with E-state index < -0.39 is 12.2 Å². The maximum Gasteiger partial charge on any atom is 0.404 e. The van der Waals surface area contributed by atoms with Crippen molar-refractivity contribution in [1.82, 2.24) is 25.2 Å². The van der Waals surface area contributed by atoms with Crippen LogP contribution in [0, 0.1) is 0 Å². The number of nitrogens with zero attached hydrogens (tertiary/aromatic N) is 4. The van der Waals surface area contributed by atoms with E-state index in [1.807, 2.05) is 0 Å². The van der Waals surface area contributed by atoms with Gasteiger partial charge in [-0.3, -0.25) is 14.4 Å². The lowest BCUT2D eigenvalue weighted by Gasteiger charge is -2.40. The molecule has 2 rings (SSSR count). The van der Waals surface area contributed by atoms with Crippen molar-refractivity contribution in [3.8, 4) is 0 Å². The first kappa shape index (κ1) is 15.7. The third-order valence-electron chi connectivity index (χ3n) is 3.64.